The molecule has 0 aliphatic rings. The lowest BCUT2D eigenvalue weighted by Gasteiger charge is -2.30. The number of aryl methyl sites for hydroxylation is 1. The Morgan fingerprint density at radius 1 is 1.33 bits per heavy atom. The molecule has 0 saturated carbocycles. The van der Waals surface area contributed by atoms with Crippen molar-refractivity contribution < 1.29 is 4.39 Å². The van der Waals surface area contributed by atoms with Crippen LogP contribution in [-0.4, -0.2) is 24.5 Å². The predicted octanol–water partition coefficient (Wildman–Crippen LogP) is 3.26. The summed E-state index contributed by atoms with van der Waals surface area (Å²) >= 11 is 0. The van der Waals surface area contributed by atoms with E-state index >= 15 is 0 Å². The molecule has 1 aromatic rings. The van der Waals surface area contributed by atoms with E-state index in [1.807, 2.05) is 13.0 Å². The number of benzene rings is 1. The van der Waals surface area contributed by atoms with Gasteiger partial charge in [-0.2, -0.15) is 0 Å². The third-order valence-corrected chi connectivity index (χ3v) is 3.38. The van der Waals surface area contributed by atoms with Gasteiger partial charge in [0.25, 0.3) is 0 Å². The van der Waals surface area contributed by atoms with Crippen LogP contribution in [0.1, 0.15) is 43.9 Å². The van der Waals surface area contributed by atoms with Crippen molar-refractivity contribution in [1.82, 2.24) is 4.90 Å². The third-order valence-electron chi connectivity index (χ3n) is 3.38. The molecule has 3 heteroatoms. The van der Waals surface area contributed by atoms with Gasteiger partial charge in [0, 0.05) is 18.2 Å². The summed E-state index contributed by atoms with van der Waals surface area (Å²) in [6, 6.07) is 5.25. The number of unbranched alkanes of at least 4 members (excludes halogenated alkanes) is 1. The minimum Gasteiger partial charge on any atom is -0.329 e. The predicted molar refractivity (Wildman–Crippen MR) is 75.1 cm³/mol. The second-order valence-corrected chi connectivity index (χ2v) is 4.76. The van der Waals surface area contributed by atoms with Gasteiger partial charge in [-0.05, 0) is 32.5 Å². The van der Waals surface area contributed by atoms with E-state index in [-0.39, 0.29) is 11.9 Å². The van der Waals surface area contributed by atoms with Crippen molar-refractivity contribution in [2.45, 2.75) is 39.7 Å². The Hall–Kier alpha value is -0.930. The largest absolute Gasteiger partial charge is 0.329 e. The maximum Gasteiger partial charge on any atom is 0.128 e. The molecular weight excluding hydrogens is 227 g/mol. The summed E-state index contributed by atoms with van der Waals surface area (Å²) in [4.78, 5) is 2.27. The van der Waals surface area contributed by atoms with Crippen molar-refractivity contribution in [3.63, 3.8) is 0 Å². The molecule has 0 radical (unpaired) electrons. The minimum atomic E-state index is -0.147. The van der Waals surface area contributed by atoms with Gasteiger partial charge < -0.3 is 5.73 Å². The van der Waals surface area contributed by atoms with E-state index < -0.39 is 0 Å². The summed E-state index contributed by atoms with van der Waals surface area (Å²) in [5.74, 6) is -0.147. The first kappa shape index (κ1) is 15.1. The molecule has 1 rings (SSSR count). The molecule has 1 aromatic carbocycles. The van der Waals surface area contributed by atoms with Crippen LogP contribution < -0.4 is 5.73 Å². The Labute approximate surface area is 110 Å². The summed E-state index contributed by atoms with van der Waals surface area (Å²) < 4.78 is 13.9. The first-order valence-electron chi connectivity index (χ1n) is 6.84. The van der Waals surface area contributed by atoms with E-state index in [9.17, 15) is 4.39 Å². The lowest BCUT2D eigenvalue weighted by atomic mass is 10.0. The van der Waals surface area contributed by atoms with E-state index in [0.29, 0.717) is 6.54 Å². The van der Waals surface area contributed by atoms with Gasteiger partial charge in [0.05, 0.1) is 0 Å². The van der Waals surface area contributed by atoms with Crippen LogP contribution in [-0.2, 0) is 0 Å². The standard InChI is InChI=1S/C15H25FN2/c1-4-6-9-18(5-2)15(11-17)13-10-12(3)7-8-14(13)16/h7-8,10,15H,4-6,9,11,17H2,1-3H3. The Morgan fingerprint density at radius 3 is 2.61 bits per heavy atom. The van der Waals surface area contributed by atoms with Gasteiger partial charge in [-0.25, -0.2) is 4.39 Å². The molecule has 0 saturated heterocycles. The molecule has 1 unspecified atom stereocenters. The smallest absolute Gasteiger partial charge is 0.128 e. The summed E-state index contributed by atoms with van der Waals surface area (Å²) in [5.41, 5.74) is 7.68. The van der Waals surface area contributed by atoms with E-state index in [0.717, 1.165) is 37.1 Å². The molecule has 18 heavy (non-hydrogen) atoms. The Kier molecular flexibility index (Phi) is 6.30. The number of hydrogen-bond donors (Lipinski definition) is 1. The highest BCUT2D eigenvalue weighted by atomic mass is 19.1. The molecule has 0 aliphatic heterocycles. The molecule has 2 N–H and O–H groups in total. The zero-order valence-electron chi connectivity index (χ0n) is 11.7. The molecule has 0 heterocycles. The summed E-state index contributed by atoms with van der Waals surface area (Å²) in [6.07, 6.45) is 2.27. The van der Waals surface area contributed by atoms with Gasteiger partial charge in [0.1, 0.15) is 5.82 Å². The molecule has 0 bridgehead atoms. The average molecular weight is 252 g/mol. The lowest BCUT2D eigenvalue weighted by Crippen LogP contribution is -2.35. The molecule has 0 fully saturated rings. The van der Waals surface area contributed by atoms with Crippen molar-refractivity contribution >= 4 is 0 Å². The Bertz CT molecular complexity index is 366. The van der Waals surface area contributed by atoms with Crippen molar-refractivity contribution in [3.05, 3.63) is 35.1 Å². The SMILES string of the molecule is CCCCN(CC)C(CN)c1cc(C)ccc1F. The monoisotopic (exact) mass is 252 g/mol. The topological polar surface area (TPSA) is 29.3 Å². The minimum absolute atomic E-state index is 0.0125. The fraction of sp³-hybridized carbons (Fsp3) is 0.600. The van der Waals surface area contributed by atoms with Crippen LogP contribution in [0.3, 0.4) is 0 Å². The molecule has 1 atom stereocenters. The highest BCUT2D eigenvalue weighted by Crippen LogP contribution is 2.24. The van der Waals surface area contributed by atoms with Crippen LogP contribution >= 0.6 is 0 Å². The average Bonchev–Trinajstić information content (AvgIpc) is 2.38. The Morgan fingerprint density at radius 2 is 2.06 bits per heavy atom. The molecule has 102 valence electrons. The first-order chi connectivity index (χ1) is 8.63. The maximum absolute atomic E-state index is 13.9. The van der Waals surface area contributed by atoms with E-state index in [2.05, 4.69) is 18.7 Å². The highest BCUT2D eigenvalue weighted by molar-refractivity contribution is 5.27. The van der Waals surface area contributed by atoms with Crippen LogP contribution in [0.15, 0.2) is 18.2 Å². The fourth-order valence-corrected chi connectivity index (χ4v) is 2.29. The Balaban J connectivity index is 2.95. The summed E-state index contributed by atoms with van der Waals surface area (Å²) in [7, 11) is 0. The molecule has 0 amide bonds. The molecule has 0 aromatic heterocycles. The molecule has 0 aliphatic carbocycles. The second-order valence-electron chi connectivity index (χ2n) is 4.76. The van der Waals surface area contributed by atoms with E-state index in [1.165, 1.54) is 0 Å². The zero-order valence-corrected chi connectivity index (χ0v) is 11.7. The lowest BCUT2D eigenvalue weighted by molar-refractivity contribution is 0.205. The number of rotatable bonds is 7. The number of hydrogen-bond acceptors (Lipinski definition) is 2. The van der Waals surface area contributed by atoms with Crippen LogP contribution in [0, 0.1) is 12.7 Å². The zero-order chi connectivity index (χ0) is 13.5. The number of nitrogens with zero attached hydrogens (tertiary/aromatic N) is 1. The van der Waals surface area contributed by atoms with E-state index in [4.69, 9.17) is 5.73 Å². The molecular formula is C15H25FN2. The third kappa shape index (κ3) is 3.79. The van der Waals surface area contributed by atoms with Crippen molar-refractivity contribution in [1.29, 1.82) is 0 Å². The van der Waals surface area contributed by atoms with Crippen LogP contribution in [0.25, 0.3) is 0 Å². The quantitative estimate of drug-likeness (QED) is 0.807. The maximum atomic E-state index is 13.9. The van der Waals surface area contributed by atoms with Gasteiger partial charge in [-0.3, -0.25) is 4.90 Å². The van der Waals surface area contributed by atoms with E-state index in [1.54, 1.807) is 12.1 Å². The van der Waals surface area contributed by atoms with Crippen LogP contribution in [0.4, 0.5) is 4.39 Å². The van der Waals surface area contributed by atoms with Gasteiger partial charge in [0.2, 0.25) is 0 Å². The highest BCUT2D eigenvalue weighted by Gasteiger charge is 2.20. The van der Waals surface area contributed by atoms with Crippen molar-refractivity contribution in [3.8, 4) is 0 Å². The van der Waals surface area contributed by atoms with Gasteiger partial charge in [0.15, 0.2) is 0 Å². The fourth-order valence-electron chi connectivity index (χ4n) is 2.29. The summed E-state index contributed by atoms with van der Waals surface area (Å²) in [5, 5.41) is 0. The van der Waals surface area contributed by atoms with Gasteiger partial charge in [-0.15, -0.1) is 0 Å². The number of halogens is 1. The normalized spacial score (nSPS) is 13.0. The van der Waals surface area contributed by atoms with Crippen LogP contribution in [0.2, 0.25) is 0 Å². The first-order valence-corrected chi connectivity index (χ1v) is 6.84. The summed E-state index contributed by atoms with van der Waals surface area (Å²) in [6.45, 7) is 8.58. The second kappa shape index (κ2) is 7.49. The van der Waals surface area contributed by atoms with Gasteiger partial charge >= 0.3 is 0 Å². The van der Waals surface area contributed by atoms with Gasteiger partial charge in [-0.1, -0.05) is 38.0 Å². The molecule has 2 nitrogen and oxygen atoms in total. The van der Waals surface area contributed by atoms with Crippen molar-refractivity contribution in [2.24, 2.45) is 5.73 Å². The molecule has 0 spiro atoms. The van der Waals surface area contributed by atoms with Crippen LogP contribution in [0.5, 0.6) is 0 Å². The van der Waals surface area contributed by atoms with Crippen molar-refractivity contribution in [2.75, 3.05) is 19.6 Å². The number of nitrogens with two attached hydrogens (primary N) is 1. The number of likely N-dealkylation sites (N-methyl/N-ethyl adjacent to an activating group) is 1.